The van der Waals surface area contributed by atoms with Gasteiger partial charge in [-0.25, -0.2) is 9.78 Å². The molecule has 1 aliphatic heterocycles. The molecule has 3 atom stereocenters. The molecule has 8 nitrogen and oxygen atoms in total. The molecule has 2 heterocycles. The van der Waals surface area contributed by atoms with E-state index in [4.69, 9.17) is 30.5 Å². The van der Waals surface area contributed by atoms with Crippen LogP contribution < -0.4 is 14.2 Å². The second-order valence-electron chi connectivity index (χ2n) is 8.80. The highest BCUT2D eigenvalue weighted by Gasteiger charge is 2.62. The van der Waals surface area contributed by atoms with E-state index < -0.39 is 29.4 Å². The molecule has 9 heteroatoms. The molecule has 2 aliphatic rings. The average molecular weight is 510 g/mol. The SMILES string of the molecule is COC(=O)c1cc(-c2ccccc2)c2c(n1)C[C@@H](C)[C@]1(Oc3c(Cl)c(OC)cc(OC)c3C1=O)[C@H]2O. The van der Waals surface area contributed by atoms with Crippen LogP contribution in [0.4, 0.5) is 0 Å². The van der Waals surface area contributed by atoms with Crippen LogP contribution in [0.3, 0.4) is 0 Å². The van der Waals surface area contributed by atoms with Gasteiger partial charge in [0.25, 0.3) is 0 Å². The number of ether oxygens (including phenoxy) is 4. The third-order valence-corrected chi connectivity index (χ3v) is 7.33. The predicted octanol–water partition coefficient (Wildman–Crippen LogP) is 4.45. The van der Waals surface area contributed by atoms with Crippen molar-refractivity contribution in [1.82, 2.24) is 4.98 Å². The van der Waals surface area contributed by atoms with Crippen molar-refractivity contribution in [1.29, 1.82) is 0 Å². The number of carbonyl (C=O) groups excluding carboxylic acids is 2. The van der Waals surface area contributed by atoms with Crippen LogP contribution in [0.1, 0.15) is 45.1 Å². The Labute approximate surface area is 212 Å². The lowest BCUT2D eigenvalue weighted by Gasteiger charge is -2.42. The summed E-state index contributed by atoms with van der Waals surface area (Å²) >= 11 is 6.54. The molecule has 1 aliphatic carbocycles. The van der Waals surface area contributed by atoms with Gasteiger partial charge >= 0.3 is 5.97 Å². The maximum atomic E-state index is 14.0. The number of carbonyl (C=O) groups is 2. The number of ketones is 1. The minimum atomic E-state index is -1.68. The lowest BCUT2D eigenvalue weighted by atomic mass is 9.68. The number of rotatable bonds is 4. The minimum Gasteiger partial charge on any atom is -0.496 e. The summed E-state index contributed by atoms with van der Waals surface area (Å²) in [5.41, 5.74) is 0.782. The van der Waals surface area contributed by atoms with Crippen molar-refractivity contribution in [2.75, 3.05) is 21.3 Å². The van der Waals surface area contributed by atoms with Gasteiger partial charge in [0, 0.05) is 23.2 Å². The zero-order valence-electron chi connectivity index (χ0n) is 20.1. The number of methoxy groups -OCH3 is 3. The Kier molecular flexibility index (Phi) is 5.89. The highest BCUT2D eigenvalue weighted by Crippen LogP contribution is 2.57. The number of aliphatic hydroxyl groups is 1. The molecule has 2 aromatic carbocycles. The van der Waals surface area contributed by atoms with Gasteiger partial charge in [0.1, 0.15) is 33.9 Å². The molecule has 0 unspecified atom stereocenters. The first-order chi connectivity index (χ1) is 17.3. The van der Waals surface area contributed by atoms with Crippen LogP contribution >= 0.6 is 11.6 Å². The van der Waals surface area contributed by atoms with E-state index in [0.29, 0.717) is 16.8 Å². The summed E-state index contributed by atoms with van der Waals surface area (Å²) in [6.45, 7) is 1.79. The van der Waals surface area contributed by atoms with E-state index in [1.54, 1.807) is 13.0 Å². The van der Waals surface area contributed by atoms with Gasteiger partial charge in [-0.05, 0) is 23.6 Å². The first kappa shape index (κ1) is 24.1. The van der Waals surface area contributed by atoms with E-state index in [1.165, 1.54) is 27.4 Å². The summed E-state index contributed by atoms with van der Waals surface area (Å²) in [4.78, 5) is 31.0. The molecule has 3 aromatic rings. The van der Waals surface area contributed by atoms with E-state index >= 15 is 0 Å². The van der Waals surface area contributed by atoms with Crippen LogP contribution in [0.15, 0.2) is 42.5 Å². The van der Waals surface area contributed by atoms with Crippen LogP contribution in [0.5, 0.6) is 17.2 Å². The first-order valence-corrected chi connectivity index (χ1v) is 11.7. The number of nitrogens with zero attached hydrogens (tertiary/aromatic N) is 1. The van der Waals surface area contributed by atoms with E-state index in [2.05, 4.69) is 4.98 Å². The molecule has 1 spiro atoms. The van der Waals surface area contributed by atoms with E-state index in [-0.39, 0.29) is 39.9 Å². The van der Waals surface area contributed by atoms with Crippen molar-refractivity contribution in [2.24, 2.45) is 5.92 Å². The fourth-order valence-electron chi connectivity index (χ4n) is 5.18. The number of aromatic nitrogens is 1. The van der Waals surface area contributed by atoms with Gasteiger partial charge in [-0.2, -0.15) is 0 Å². The van der Waals surface area contributed by atoms with E-state index in [0.717, 1.165) is 5.56 Å². The van der Waals surface area contributed by atoms with Crippen LogP contribution in [0, 0.1) is 5.92 Å². The molecule has 0 saturated carbocycles. The number of aliphatic hydroxyl groups excluding tert-OH is 1. The van der Waals surface area contributed by atoms with Gasteiger partial charge in [-0.3, -0.25) is 4.79 Å². The molecule has 0 saturated heterocycles. The molecule has 0 fully saturated rings. The van der Waals surface area contributed by atoms with Crippen molar-refractivity contribution in [3.63, 3.8) is 0 Å². The van der Waals surface area contributed by atoms with Gasteiger partial charge in [0.2, 0.25) is 11.4 Å². The molecule has 0 bridgehead atoms. The molecular weight excluding hydrogens is 486 g/mol. The molecule has 36 heavy (non-hydrogen) atoms. The number of Topliss-reactive ketones (excluding diaryl/α,β-unsaturated/α-hetero) is 1. The monoisotopic (exact) mass is 509 g/mol. The molecule has 0 radical (unpaired) electrons. The van der Waals surface area contributed by atoms with Gasteiger partial charge in [0.15, 0.2) is 5.75 Å². The fourth-order valence-corrected chi connectivity index (χ4v) is 5.45. The van der Waals surface area contributed by atoms with Gasteiger partial charge in [-0.15, -0.1) is 0 Å². The quantitative estimate of drug-likeness (QED) is 0.514. The third kappa shape index (κ3) is 3.28. The number of hydrogen-bond donors (Lipinski definition) is 1. The lowest BCUT2D eigenvalue weighted by Crippen LogP contribution is -2.55. The zero-order valence-corrected chi connectivity index (χ0v) is 20.9. The Hall–Kier alpha value is -3.62. The van der Waals surface area contributed by atoms with Crippen molar-refractivity contribution in [3.8, 4) is 28.4 Å². The largest absolute Gasteiger partial charge is 0.496 e. The van der Waals surface area contributed by atoms with Crippen LogP contribution in [0.2, 0.25) is 5.02 Å². The summed E-state index contributed by atoms with van der Waals surface area (Å²) in [5, 5.41) is 12.0. The number of pyridine rings is 1. The van der Waals surface area contributed by atoms with Crippen LogP contribution in [-0.2, 0) is 11.2 Å². The Bertz CT molecular complexity index is 1390. The number of esters is 1. The Morgan fingerprint density at radius 2 is 1.83 bits per heavy atom. The van der Waals surface area contributed by atoms with Crippen molar-refractivity contribution >= 4 is 23.4 Å². The minimum absolute atomic E-state index is 0.104. The Balaban J connectivity index is 1.74. The summed E-state index contributed by atoms with van der Waals surface area (Å²) < 4.78 is 22.0. The molecule has 186 valence electrons. The smallest absolute Gasteiger partial charge is 0.356 e. The van der Waals surface area contributed by atoms with Crippen molar-refractivity contribution in [3.05, 3.63) is 70.0 Å². The average Bonchev–Trinajstić information content (AvgIpc) is 3.21. The van der Waals surface area contributed by atoms with E-state index in [1.807, 2.05) is 30.3 Å². The number of hydrogen-bond acceptors (Lipinski definition) is 8. The van der Waals surface area contributed by atoms with Crippen LogP contribution in [-0.4, -0.2) is 48.8 Å². The van der Waals surface area contributed by atoms with Gasteiger partial charge in [-0.1, -0.05) is 48.9 Å². The summed E-state index contributed by atoms with van der Waals surface area (Å²) in [6.07, 6.45) is -1.16. The molecule has 1 N–H and O–H groups in total. The third-order valence-electron chi connectivity index (χ3n) is 6.97. The normalized spacial score (nSPS) is 22.0. The number of fused-ring (bicyclic) bond motifs is 2. The molecule has 0 amide bonds. The zero-order chi connectivity index (χ0) is 25.8. The van der Waals surface area contributed by atoms with Crippen molar-refractivity contribution < 1.29 is 33.6 Å². The lowest BCUT2D eigenvalue weighted by molar-refractivity contribution is -0.0639. The first-order valence-electron chi connectivity index (χ1n) is 11.3. The highest BCUT2D eigenvalue weighted by atomic mass is 35.5. The van der Waals surface area contributed by atoms with Crippen molar-refractivity contribution in [2.45, 2.75) is 25.0 Å². The topological polar surface area (TPSA) is 104 Å². The maximum absolute atomic E-state index is 14.0. The van der Waals surface area contributed by atoms with Gasteiger partial charge in [0.05, 0.1) is 21.3 Å². The second kappa shape index (κ2) is 8.80. The molecule has 1 aromatic heterocycles. The highest BCUT2D eigenvalue weighted by molar-refractivity contribution is 6.35. The van der Waals surface area contributed by atoms with E-state index in [9.17, 15) is 14.7 Å². The Morgan fingerprint density at radius 3 is 2.47 bits per heavy atom. The number of halogens is 1. The number of benzene rings is 2. The molecular formula is C27H24ClNO7. The molecule has 5 rings (SSSR count). The fraction of sp³-hybridized carbons (Fsp3) is 0.296. The second-order valence-corrected chi connectivity index (χ2v) is 9.18. The summed E-state index contributed by atoms with van der Waals surface area (Å²) in [5.74, 6) is -0.948. The summed E-state index contributed by atoms with van der Waals surface area (Å²) in [6, 6.07) is 12.3. The van der Waals surface area contributed by atoms with Gasteiger partial charge < -0.3 is 24.1 Å². The maximum Gasteiger partial charge on any atom is 0.356 e. The summed E-state index contributed by atoms with van der Waals surface area (Å²) in [7, 11) is 4.17. The Morgan fingerprint density at radius 1 is 1.14 bits per heavy atom. The predicted molar refractivity (Wildman–Crippen MR) is 131 cm³/mol. The standard InChI is InChI=1S/C27H24ClNO7/c1-13-10-16-20(15(14-8-6-5-7-9-14)11-17(29-16)26(32)35-4)24(30)27(13)25(31)21-18(33-2)12-19(34-3)22(28)23(21)36-27/h5-9,11-13,24,30H,10H2,1-4H3/t13-,24+,27+/m1/s1. The van der Waals surface area contributed by atoms with Crippen LogP contribution in [0.25, 0.3) is 11.1 Å².